The Morgan fingerprint density at radius 2 is 1.94 bits per heavy atom. The topological polar surface area (TPSA) is 35.2 Å². The smallest absolute Gasteiger partial charge is 0.142 e. The van der Waals surface area contributed by atoms with Crippen LogP contribution in [0.25, 0.3) is 0 Å². The molecule has 88 valence electrons. The van der Waals surface area contributed by atoms with Crippen LogP contribution >= 0.6 is 15.9 Å². The highest BCUT2D eigenvalue weighted by molar-refractivity contribution is 9.10. The minimum absolute atomic E-state index is 0.282. The summed E-state index contributed by atoms with van der Waals surface area (Å²) in [5, 5.41) is 0. The summed E-state index contributed by atoms with van der Waals surface area (Å²) in [5.41, 5.74) is 7.06. The normalized spacial score (nSPS) is 10.2. The molecule has 0 saturated carbocycles. The van der Waals surface area contributed by atoms with Crippen LogP contribution in [0.2, 0.25) is 0 Å². The molecule has 2 rings (SSSR count). The van der Waals surface area contributed by atoms with E-state index in [1.807, 2.05) is 18.2 Å². The molecular formula is C13H11BrFNO. The number of rotatable bonds is 3. The number of halogens is 2. The van der Waals surface area contributed by atoms with E-state index >= 15 is 0 Å². The molecule has 0 amide bonds. The van der Waals surface area contributed by atoms with Gasteiger partial charge in [0.2, 0.25) is 0 Å². The largest absolute Gasteiger partial charge is 0.487 e. The van der Waals surface area contributed by atoms with Crippen molar-refractivity contribution < 1.29 is 9.13 Å². The van der Waals surface area contributed by atoms with Crippen LogP contribution in [0.15, 0.2) is 46.9 Å². The number of hydrogen-bond donors (Lipinski definition) is 1. The van der Waals surface area contributed by atoms with E-state index in [1.54, 1.807) is 12.1 Å². The van der Waals surface area contributed by atoms with Crippen LogP contribution in [0, 0.1) is 5.82 Å². The van der Waals surface area contributed by atoms with Crippen molar-refractivity contribution in [1.29, 1.82) is 0 Å². The molecule has 0 radical (unpaired) electrons. The number of para-hydroxylation sites is 2. The van der Waals surface area contributed by atoms with E-state index in [2.05, 4.69) is 15.9 Å². The van der Waals surface area contributed by atoms with Gasteiger partial charge in [0.1, 0.15) is 18.2 Å². The average Bonchev–Trinajstić information content (AvgIpc) is 2.27. The lowest BCUT2D eigenvalue weighted by molar-refractivity contribution is 0.307. The van der Waals surface area contributed by atoms with E-state index in [-0.39, 0.29) is 12.4 Å². The number of benzene rings is 2. The molecule has 0 fully saturated rings. The van der Waals surface area contributed by atoms with E-state index in [4.69, 9.17) is 10.5 Å². The highest BCUT2D eigenvalue weighted by atomic mass is 79.9. The maximum absolute atomic E-state index is 13.1. The Balaban J connectivity index is 2.10. The molecule has 0 aliphatic rings. The SMILES string of the molecule is Nc1ccccc1OCc1cc(F)cc(Br)c1. The number of anilines is 1. The second kappa shape index (κ2) is 5.19. The minimum Gasteiger partial charge on any atom is -0.487 e. The molecule has 0 aromatic heterocycles. The average molecular weight is 296 g/mol. The van der Waals surface area contributed by atoms with Gasteiger partial charge in [-0.15, -0.1) is 0 Å². The van der Waals surface area contributed by atoms with Gasteiger partial charge in [-0.1, -0.05) is 28.1 Å². The van der Waals surface area contributed by atoms with Crippen molar-refractivity contribution in [2.75, 3.05) is 5.73 Å². The monoisotopic (exact) mass is 295 g/mol. The standard InChI is InChI=1S/C13H11BrFNO/c14-10-5-9(6-11(15)7-10)8-17-13-4-2-1-3-12(13)16/h1-7H,8,16H2. The van der Waals surface area contributed by atoms with E-state index in [1.165, 1.54) is 12.1 Å². The fourth-order valence-corrected chi connectivity index (χ4v) is 1.98. The van der Waals surface area contributed by atoms with Crippen LogP contribution in [0.4, 0.5) is 10.1 Å². The zero-order valence-corrected chi connectivity index (χ0v) is 10.6. The van der Waals surface area contributed by atoms with Gasteiger partial charge >= 0.3 is 0 Å². The van der Waals surface area contributed by atoms with Crippen molar-refractivity contribution in [2.45, 2.75) is 6.61 Å². The summed E-state index contributed by atoms with van der Waals surface area (Å²) in [5.74, 6) is 0.312. The van der Waals surface area contributed by atoms with Crippen molar-refractivity contribution in [3.8, 4) is 5.75 Å². The predicted octanol–water partition coefficient (Wildman–Crippen LogP) is 3.75. The van der Waals surface area contributed by atoms with Gasteiger partial charge in [0.15, 0.2) is 0 Å². The van der Waals surface area contributed by atoms with Crippen molar-refractivity contribution >= 4 is 21.6 Å². The Kier molecular flexibility index (Phi) is 3.64. The zero-order valence-electron chi connectivity index (χ0n) is 8.99. The van der Waals surface area contributed by atoms with Gasteiger partial charge in [0.05, 0.1) is 5.69 Å². The fraction of sp³-hybridized carbons (Fsp3) is 0.0769. The molecule has 2 N–H and O–H groups in total. The first kappa shape index (κ1) is 11.9. The highest BCUT2D eigenvalue weighted by Crippen LogP contribution is 2.22. The maximum Gasteiger partial charge on any atom is 0.142 e. The van der Waals surface area contributed by atoms with Crippen LogP contribution in [0.1, 0.15) is 5.56 Å². The molecule has 0 saturated heterocycles. The van der Waals surface area contributed by atoms with Crippen molar-refractivity contribution in [3.05, 3.63) is 58.3 Å². The third-order valence-electron chi connectivity index (χ3n) is 2.24. The summed E-state index contributed by atoms with van der Waals surface area (Å²) in [6, 6.07) is 11.9. The summed E-state index contributed by atoms with van der Waals surface area (Å²) in [6.45, 7) is 0.282. The maximum atomic E-state index is 13.1. The van der Waals surface area contributed by atoms with Gasteiger partial charge in [-0.2, -0.15) is 0 Å². The Hall–Kier alpha value is -1.55. The second-order valence-corrected chi connectivity index (χ2v) is 4.52. The lowest BCUT2D eigenvalue weighted by atomic mass is 10.2. The Labute approximate surface area is 107 Å². The Morgan fingerprint density at radius 1 is 1.18 bits per heavy atom. The van der Waals surface area contributed by atoms with Crippen molar-refractivity contribution in [2.24, 2.45) is 0 Å². The zero-order chi connectivity index (χ0) is 12.3. The number of nitrogen functional groups attached to an aromatic ring is 1. The quantitative estimate of drug-likeness (QED) is 0.875. The van der Waals surface area contributed by atoms with Gasteiger partial charge in [0, 0.05) is 4.47 Å². The highest BCUT2D eigenvalue weighted by Gasteiger charge is 2.02. The second-order valence-electron chi connectivity index (χ2n) is 3.60. The molecule has 0 bridgehead atoms. The Bertz CT molecular complexity index is 510. The van der Waals surface area contributed by atoms with Gasteiger partial charge in [0.25, 0.3) is 0 Å². The van der Waals surface area contributed by atoms with E-state index in [9.17, 15) is 4.39 Å². The lowest BCUT2D eigenvalue weighted by Gasteiger charge is -2.08. The van der Waals surface area contributed by atoms with Gasteiger partial charge in [-0.25, -0.2) is 4.39 Å². The first-order chi connectivity index (χ1) is 8.15. The molecule has 2 nitrogen and oxygen atoms in total. The van der Waals surface area contributed by atoms with Crippen LogP contribution in [0.5, 0.6) is 5.75 Å². The molecule has 2 aromatic rings. The third kappa shape index (κ3) is 3.20. The molecule has 0 aliphatic carbocycles. The molecule has 4 heteroatoms. The van der Waals surface area contributed by atoms with Crippen LogP contribution in [-0.4, -0.2) is 0 Å². The van der Waals surface area contributed by atoms with Crippen LogP contribution in [-0.2, 0) is 6.61 Å². The van der Waals surface area contributed by atoms with Gasteiger partial charge in [-0.05, 0) is 35.9 Å². The van der Waals surface area contributed by atoms with E-state index in [0.717, 1.165) is 5.56 Å². The molecule has 17 heavy (non-hydrogen) atoms. The predicted molar refractivity (Wildman–Crippen MR) is 69.3 cm³/mol. The summed E-state index contributed by atoms with van der Waals surface area (Å²) in [4.78, 5) is 0. The molecular weight excluding hydrogens is 285 g/mol. The summed E-state index contributed by atoms with van der Waals surface area (Å²) < 4.78 is 19.3. The third-order valence-corrected chi connectivity index (χ3v) is 2.69. The number of nitrogens with two attached hydrogens (primary N) is 1. The molecule has 2 aromatic carbocycles. The molecule has 0 spiro atoms. The summed E-state index contributed by atoms with van der Waals surface area (Å²) in [7, 11) is 0. The summed E-state index contributed by atoms with van der Waals surface area (Å²) in [6.07, 6.45) is 0. The Morgan fingerprint density at radius 3 is 2.65 bits per heavy atom. The van der Waals surface area contributed by atoms with Crippen LogP contribution < -0.4 is 10.5 Å². The van der Waals surface area contributed by atoms with Crippen molar-refractivity contribution in [3.63, 3.8) is 0 Å². The van der Waals surface area contributed by atoms with E-state index < -0.39 is 0 Å². The molecule has 0 aliphatic heterocycles. The first-order valence-corrected chi connectivity index (χ1v) is 5.87. The minimum atomic E-state index is -0.293. The number of ether oxygens (including phenoxy) is 1. The first-order valence-electron chi connectivity index (χ1n) is 5.07. The molecule has 0 atom stereocenters. The molecule has 0 heterocycles. The van der Waals surface area contributed by atoms with Crippen molar-refractivity contribution in [1.82, 2.24) is 0 Å². The van der Waals surface area contributed by atoms with E-state index in [0.29, 0.717) is 15.9 Å². The lowest BCUT2D eigenvalue weighted by Crippen LogP contribution is -1.99. The fourth-order valence-electron chi connectivity index (χ4n) is 1.47. The van der Waals surface area contributed by atoms with Crippen LogP contribution in [0.3, 0.4) is 0 Å². The number of hydrogen-bond acceptors (Lipinski definition) is 2. The summed E-state index contributed by atoms with van der Waals surface area (Å²) >= 11 is 3.23. The van der Waals surface area contributed by atoms with Gasteiger partial charge < -0.3 is 10.5 Å². The molecule has 0 unspecified atom stereocenters. The van der Waals surface area contributed by atoms with Gasteiger partial charge in [-0.3, -0.25) is 0 Å².